The van der Waals surface area contributed by atoms with E-state index < -0.39 is 29.8 Å². The summed E-state index contributed by atoms with van der Waals surface area (Å²) >= 11 is 8.80. The molecule has 12 heteroatoms. The van der Waals surface area contributed by atoms with Crippen molar-refractivity contribution in [2.75, 3.05) is 19.5 Å². The molecule has 3 heterocycles. The van der Waals surface area contributed by atoms with Gasteiger partial charge < -0.3 is 25.4 Å². The molecular formula is C18H20ClN5O4S2. The molecule has 0 amide bonds. The number of hydrogen-bond donors (Lipinski definition) is 3. The normalized spacial score (nSPS) is 26.7. The number of aliphatic hydroxyl groups is 2. The summed E-state index contributed by atoms with van der Waals surface area (Å²) < 4.78 is 13.2. The smallest absolute Gasteiger partial charge is 0.180 e. The van der Waals surface area contributed by atoms with Crippen molar-refractivity contribution < 1.29 is 19.7 Å². The minimum atomic E-state index is -1.06. The van der Waals surface area contributed by atoms with Gasteiger partial charge in [0, 0.05) is 22.4 Å². The maximum Gasteiger partial charge on any atom is 0.180 e. The molecule has 4 rings (SSSR count). The van der Waals surface area contributed by atoms with Crippen molar-refractivity contribution in [1.82, 2.24) is 20.0 Å². The number of benzene rings is 1. The van der Waals surface area contributed by atoms with E-state index in [1.807, 2.05) is 18.2 Å². The van der Waals surface area contributed by atoms with Crippen molar-refractivity contribution in [2.45, 2.75) is 34.7 Å². The average Bonchev–Trinajstić information content (AvgIpc) is 3.37. The van der Waals surface area contributed by atoms with Crippen LogP contribution in [0.3, 0.4) is 0 Å². The number of aromatic nitrogens is 4. The first-order valence-corrected chi connectivity index (χ1v) is 11.2. The van der Waals surface area contributed by atoms with Crippen LogP contribution in [0.1, 0.15) is 6.04 Å². The molecule has 5 atom stereocenters. The summed E-state index contributed by atoms with van der Waals surface area (Å²) in [6.45, 7) is -0.356. The van der Waals surface area contributed by atoms with Gasteiger partial charge in [-0.2, -0.15) is 0 Å². The molecule has 0 saturated carbocycles. The molecule has 1 aromatic carbocycles. The molecule has 0 radical (unpaired) electrons. The number of nitrogens with two attached hydrogens (primary N) is 1. The van der Waals surface area contributed by atoms with E-state index in [1.54, 1.807) is 17.6 Å². The van der Waals surface area contributed by atoms with Crippen molar-refractivity contribution in [3.63, 3.8) is 0 Å². The van der Waals surface area contributed by atoms with Gasteiger partial charge >= 0.3 is 0 Å². The van der Waals surface area contributed by atoms with Gasteiger partial charge in [0.25, 0.3) is 0 Å². The first kappa shape index (κ1) is 21.5. The van der Waals surface area contributed by atoms with Crippen LogP contribution in [0, 0.1) is 0 Å². The zero-order chi connectivity index (χ0) is 21.3. The number of hydrogen-bond acceptors (Lipinski definition) is 10. The molecule has 2 aromatic heterocycles. The van der Waals surface area contributed by atoms with Gasteiger partial charge in [0.15, 0.2) is 5.13 Å². The lowest BCUT2D eigenvalue weighted by molar-refractivity contribution is -0.186. The molecule has 3 unspecified atom stereocenters. The van der Waals surface area contributed by atoms with Gasteiger partial charge in [0.05, 0.1) is 12.8 Å². The van der Waals surface area contributed by atoms with Crippen LogP contribution >= 0.6 is 34.7 Å². The predicted octanol–water partition coefficient (Wildman–Crippen LogP) is 2.06. The molecule has 9 nitrogen and oxygen atoms in total. The van der Waals surface area contributed by atoms with Crippen molar-refractivity contribution in [3.8, 4) is 11.4 Å². The lowest BCUT2D eigenvalue weighted by Crippen LogP contribution is -2.55. The van der Waals surface area contributed by atoms with Gasteiger partial charge in [-0.15, -0.1) is 16.4 Å². The Morgan fingerprint density at radius 1 is 1.40 bits per heavy atom. The number of rotatable bonds is 6. The van der Waals surface area contributed by atoms with E-state index in [-0.39, 0.29) is 6.61 Å². The number of methoxy groups -OCH3 is 1. The lowest BCUT2D eigenvalue weighted by atomic mass is 9.97. The van der Waals surface area contributed by atoms with Gasteiger partial charge in [-0.3, -0.25) is 0 Å². The van der Waals surface area contributed by atoms with Crippen LogP contribution in [0.2, 0.25) is 5.02 Å². The second-order valence-corrected chi connectivity index (χ2v) is 9.13. The Kier molecular flexibility index (Phi) is 6.58. The lowest BCUT2D eigenvalue weighted by Gasteiger charge is -2.43. The fourth-order valence-electron chi connectivity index (χ4n) is 3.33. The molecule has 1 aliphatic rings. The van der Waals surface area contributed by atoms with Crippen molar-refractivity contribution in [2.24, 2.45) is 0 Å². The monoisotopic (exact) mass is 469 g/mol. The first-order valence-electron chi connectivity index (χ1n) is 9.02. The Labute approximate surface area is 185 Å². The van der Waals surface area contributed by atoms with Crippen molar-refractivity contribution in [1.29, 1.82) is 0 Å². The van der Waals surface area contributed by atoms with E-state index in [1.165, 1.54) is 34.9 Å². The SMILES string of the molecule is COC1C(n2cc(-c3csc(N)n3)nn2)[C@@H](O)C(CO)O[C@@H]1Sc1cccc(Cl)c1. The fourth-order valence-corrected chi connectivity index (χ4v) is 5.37. The number of anilines is 1. The van der Waals surface area contributed by atoms with Gasteiger partial charge in [-0.25, -0.2) is 9.67 Å². The summed E-state index contributed by atoms with van der Waals surface area (Å²) in [5, 5.41) is 31.8. The topological polar surface area (TPSA) is 129 Å². The highest BCUT2D eigenvalue weighted by Crippen LogP contribution is 2.40. The highest BCUT2D eigenvalue weighted by Gasteiger charge is 2.47. The molecule has 1 saturated heterocycles. The Morgan fingerprint density at radius 3 is 2.90 bits per heavy atom. The van der Waals surface area contributed by atoms with Gasteiger partial charge in [0.2, 0.25) is 0 Å². The minimum absolute atomic E-state index is 0.356. The van der Waals surface area contributed by atoms with E-state index in [4.69, 9.17) is 26.8 Å². The molecule has 4 N–H and O–H groups in total. The zero-order valence-corrected chi connectivity index (χ0v) is 18.2. The van der Waals surface area contributed by atoms with Crippen LogP contribution in [0.25, 0.3) is 11.4 Å². The quantitative estimate of drug-likeness (QED) is 0.496. The van der Waals surface area contributed by atoms with E-state index in [9.17, 15) is 10.2 Å². The summed E-state index contributed by atoms with van der Waals surface area (Å²) in [5.74, 6) is 0. The third-order valence-electron chi connectivity index (χ3n) is 4.75. The van der Waals surface area contributed by atoms with Crippen LogP contribution in [0.15, 0.2) is 40.7 Å². The van der Waals surface area contributed by atoms with Gasteiger partial charge in [-0.05, 0) is 18.2 Å². The number of thiazole rings is 1. The summed E-state index contributed by atoms with van der Waals surface area (Å²) in [4.78, 5) is 5.09. The molecule has 3 aromatic rings. The molecule has 160 valence electrons. The van der Waals surface area contributed by atoms with Crippen LogP contribution in [0.5, 0.6) is 0 Å². The number of nitrogen functional groups attached to an aromatic ring is 1. The average molecular weight is 470 g/mol. The van der Waals surface area contributed by atoms with E-state index in [0.29, 0.717) is 21.5 Å². The van der Waals surface area contributed by atoms with E-state index >= 15 is 0 Å². The first-order chi connectivity index (χ1) is 14.5. The second-order valence-electron chi connectivity index (χ2n) is 6.64. The number of halogens is 1. The molecule has 0 bridgehead atoms. The molecule has 0 aliphatic carbocycles. The third kappa shape index (κ3) is 4.33. The Balaban J connectivity index is 1.65. The maximum atomic E-state index is 10.9. The largest absolute Gasteiger partial charge is 0.394 e. The van der Waals surface area contributed by atoms with Gasteiger partial charge in [-0.1, -0.05) is 34.6 Å². The van der Waals surface area contributed by atoms with Crippen LogP contribution < -0.4 is 5.73 Å². The molecule has 30 heavy (non-hydrogen) atoms. The molecule has 1 fully saturated rings. The van der Waals surface area contributed by atoms with E-state index in [0.717, 1.165) is 4.90 Å². The maximum absolute atomic E-state index is 10.9. The number of nitrogens with zero attached hydrogens (tertiary/aromatic N) is 4. The summed E-state index contributed by atoms with van der Waals surface area (Å²) in [6.07, 6.45) is -0.788. The van der Waals surface area contributed by atoms with Crippen LogP contribution in [0.4, 0.5) is 5.13 Å². The summed E-state index contributed by atoms with van der Waals surface area (Å²) in [5.41, 5.74) is 6.30. The minimum Gasteiger partial charge on any atom is -0.394 e. The Hall–Kier alpha value is -1.73. The van der Waals surface area contributed by atoms with Gasteiger partial charge in [0.1, 0.15) is 41.2 Å². The summed E-state index contributed by atoms with van der Waals surface area (Å²) in [6, 6.07) is 6.70. The molecule has 1 aliphatic heterocycles. The number of thioether (sulfide) groups is 1. The van der Waals surface area contributed by atoms with Crippen LogP contribution in [-0.2, 0) is 9.47 Å². The Bertz CT molecular complexity index is 1000. The molecular weight excluding hydrogens is 450 g/mol. The number of aliphatic hydroxyl groups excluding tert-OH is 2. The van der Waals surface area contributed by atoms with Crippen molar-refractivity contribution in [3.05, 3.63) is 40.9 Å². The summed E-state index contributed by atoms with van der Waals surface area (Å²) in [7, 11) is 1.54. The highest BCUT2D eigenvalue weighted by molar-refractivity contribution is 7.99. The second kappa shape index (κ2) is 9.18. The molecule has 0 spiro atoms. The van der Waals surface area contributed by atoms with Crippen molar-refractivity contribution >= 4 is 39.8 Å². The van der Waals surface area contributed by atoms with E-state index in [2.05, 4.69) is 15.3 Å². The van der Waals surface area contributed by atoms with Crippen LogP contribution in [-0.4, -0.2) is 67.7 Å². The highest BCUT2D eigenvalue weighted by atomic mass is 35.5. The standard InChI is InChI=1S/C18H20ClN5O4S2/c1-27-16-14(24-6-11(22-23-24)12-8-29-18(20)21-12)15(26)13(7-25)28-17(16)30-10-4-2-3-9(19)5-10/h2-6,8,13-17,25-26H,7H2,1H3,(H2,20,21)/t13?,14?,15-,16?,17+/m0/s1. The number of ether oxygens (including phenoxy) is 2. The fraction of sp³-hybridized carbons (Fsp3) is 0.389. The Morgan fingerprint density at radius 2 is 2.23 bits per heavy atom. The third-order valence-corrected chi connectivity index (χ3v) is 6.79. The zero-order valence-electron chi connectivity index (χ0n) is 15.8. The predicted molar refractivity (Wildman–Crippen MR) is 114 cm³/mol.